The largest absolute Gasteiger partial charge is 0.480 e. The highest BCUT2D eigenvalue weighted by molar-refractivity contribution is 6.05. The summed E-state index contributed by atoms with van der Waals surface area (Å²) in [6.07, 6.45) is 2.51. The van der Waals surface area contributed by atoms with Crippen LogP contribution in [0.5, 0.6) is 0 Å². The molecule has 2 aromatic rings. The smallest absolute Gasteiger partial charge is 0.325 e. The number of aliphatic carboxylic acids is 1. The predicted octanol–water partition coefficient (Wildman–Crippen LogP) is 1.13. The first-order chi connectivity index (χ1) is 11.4. The highest BCUT2D eigenvalue weighted by atomic mass is 16.4. The molecule has 0 unspecified atom stereocenters. The lowest BCUT2D eigenvalue weighted by molar-refractivity contribution is -0.137. The summed E-state index contributed by atoms with van der Waals surface area (Å²) in [6, 6.07) is 6.70. The van der Waals surface area contributed by atoms with Gasteiger partial charge in [-0.2, -0.15) is 5.10 Å². The molecule has 2 N–H and O–H groups in total. The van der Waals surface area contributed by atoms with Crippen molar-refractivity contribution in [3.8, 4) is 0 Å². The number of anilines is 2. The van der Waals surface area contributed by atoms with Crippen LogP contribution < -0.4 is 10.2 Å². The van der Waals surface area contributed by atoms with E-state index in [0.717, 1.165) is 11.3 Å². The van der Waals surface area contributed by atoms with Gasteiger partial charge in [0.1, 0.15) is 6.54 Å². The van der Waals surface area contributed by atoms with Gasteiger partial charge in [-0.3, -0.25) is 19.1 Å². The van der Waals surface area contributed by atoms with Crippen LogP contribution in [-0.4, -0.2) is 39.7 Å². The topological polar surface area (TPSA) is 105 Å². The van der Waals surface area contributed by atoms with Gasteiger partial charge in [0.2, 0.25) is 5.91 Å². The first-order valence-electron chi connectivity index (χ1n) is 7.40. The Labute approximate surface area is 137 Å². The van der Waals surface area contributed by atoms with Crippen LogP contribution in [0.25, 0.3) is 0 Å². The van der Waals surface area contributed by atoms with Gasteiger partial charge in [-0.1, -0.05) is 0 Å². The second kappa shape index (κ2) is 6.15. The van der Waals surface area contributed by atoms with E-state index in [-0.39, 0.29) is 24.2 Å². The van der Waals surface area contributed by atoms with E-state index < -0.39 is 5.97 Å². The zero-order valence-corrected chi connectivity index (χ0v) is 13.0. The van der Waals surface area contributed by atoms with Crippen molar-refractivity contribution < 1.29 is 19.5 Å². The number of carboxylic acid groups (broad SMARTS) is 1. The Balaban J connectivity index is 1.75. The fourth-order valence-corrected chi connectivity index (χ4v) is 2.64. The number of nitrogens with zero attached hydrogens (tertiary/aromatic N) is 3. The van der Waals surface area contributed by atoms with E-state index in [4.69, 9.17) is 5.11 Å². The maximum absolute atomic E-state index is 12.3. The number of fused-ring (bicyclic) bond motifs is 1. The quantitative estimate of drug-likeness (QED) is 0.875. The Morgan fingerprint density at radius 1 is 1.29 bits per heavy atom. The maximum atomic E-state index is 12.3. The Bertz CT molecular complexity index is 827. The summed E-state index contributed by atoms with van der Waals surface area (Å²) in [7, 11) is 1.72. The van der Waals surface area contributed by atoms with E-state index in [1.165, 1.54) is 16.9 Å². The van der Waals surface area contributed by atoms with Crippen LogP contribution in [0, 0.1) is 0 Å². The summed E-state index contributed by atoms with van der Waals surface area (Å²) in [5.74, 6) is -1.00. The number of benzene rings is 1. The SMILES string of the molecule is CN1C(=O)CCc2cc(C(=O)Nc3ccn(CC(=O)O)n3)ccc21. The minimum atomic E-state index is -1.01. The molecule has 0 saturated heterocycles. The molecule has 1 aliphatic rings. The van der Waals surface area contributed by atoms with Gasteiger partial charge in [0.05, 0.1) is 0 Å². The third kappa shape index (κ3) is 3.12. The number of carbonyl (C=O) groups excluding carboxylic acids is 2. The first-order valence-corrected chi connectivity index (χ1v) is 7.40. The van der Waals surface area contributed by atoms with Crippen LogP contribution in [0.1, 0.15) is 22.3 Å². The van der Waals surface area contributed by atoms with Crippen molar-refractivity contribution in [1.82, 2.24) is 9.78 Å². The van der Waals surface area contributed by atoms with E-state index >= 15 is 0 Å². The molecule has 0 atom stereocenters. The molecule has 1 aliphatic heterocycles. The van der Waals surface area contributed by atoms with E-state index in [0.29, 0.717) is 18.4 Å². The number of aromatic nitrogens is 2. The molecule has 124 valence electrons. The lowest BCUT2D eigenvalue weighted by atomic mass is 9.99. The number of rotatable bonds is 4. The van der Waals surface area contributed by atoms with E-state index in [9.17, 15) is 14.4 Å². The van der Waals surface area contributed by atoms with Crippen LogP contribution in [0.3, 0.4) is 0 Å². The number of hydrogen-bond donors (Lipinski definition) is 2. The average Bonchev–Trinajstić information content (AvgIpc) is 2.96. The van der Waals surface area contributed by atoms with Gasteiger partial charge in [-0.15, -0.1) is 0 Å². The molecule has 0 aliphatic carbocycles. The van der Waals surface area contributed by atoms with E-state index in [2.05, 4.69) is 10.4 Å². The zero-order valence-electron chi connectivity index (χ0n) is 13.0. The van der Waals surface area contributed by atoms with Gasteiger partial charge < -0.3 is 15.3 Å². The third-order valence-electron chi connectivity index (χ3n) is 3.86. The number of aryl methyl sites for hydroxylation is 1. The minimum Gasteiger partial charge on any atom is -0.480 e. The molecule has 1 aromatic heterocycles. The fraction of sp³-hybridized carbons (Fsp3) is 0.250. The molecule has 24 heavy (non-hydrogen) atoms. The molecule has 8 heteroatoms. The highest BCUT2D eigenvalue weighted by Crippen LogP contribution is 2.27. The molecule has 2 amide bonds. The van der Waals surface area contributed by atoms with Crippen LogP contribution in [0.15, 0.2) is 30.5 Å². The number of amides is 2. The molecule has 2 heterocycles. The third-order valence-corrected chi connectivity index (χ3v) is 3.86. The van der Waals surface area contributed by atoms with E-state index in [1.54, 1.807) is 30.1 Å². The minimum absolute atomic E-state index is 0.0590. The van der Waals surface area contributed by atoms with Gasteiger partial charge in [-0.25, -0.2) is 0 Å². The van der Waals surface area contributed by atoms with E-state index in [1.807, 2.05) is 0 Å². The van der Waals surface area contributed by atoms with Crippen LogP contribution >= 0.6 is 0 Å². The van der Waals surface area contributed by atoms with Crippen molar-refractivity contribution in [2.24, 2.45) is 0 Å². The number of hydrogen-bond acceptors (Lipinski definition) is 4. The van der Waals surface area contributed by atoms with Crippen LogP contribution in [-0.2, 0) is 22.6 Å². The number of carboxylic acids is 1. The van der Waals surface area contributed by atoms with Crippen LogP contribution in [0.4, 0.5) is 11.5 Å². The van der Waals surface area contributed by atoms with Gasteiger partial charge in [0.15, 0.2) is 5.82 Å². The molecule has 0 radical (unpaired) electrons. The maximum Gasteiger partial charge on any atom is 0.325 e. The fourth-order valence-electron chi connectivity index (χ4n) is 2.64. The lowest BCUT2D eigenvalue weighted by Gasteiger charge is -2.25. The van der Waals surface area contributed by atoms with Crippen molar-refractivity contribution in [2.75, 3.05) is 17.3 Å². The molecular formula is C16H16N4O4. The van der Waals surface area contributed by atoms with Crippen molar-refractivity contribution in [3.05, 3.63) is 41.6 Å². The molecule has 1 aromatic carbocycles. The van der Waals surface area contributed by atoms with Gasteiger partial charge in [0.25, 0.3) is 5.91 Å². The lowest BCUT2D eigenvalue weighted by Crippen LogP contribution is -2.31. The van der Waals surface area contributed by atoms with Crippen molar-refractivity contribution in [2.45, 2.75) is 19.4 Å². The number of carbonyl (C=O) groups is 3. The Morgan fingerprint density at radius 2 is 2.08 bits per heavy atom. The normalized spacial score (nSPS) is 13.5. The molecule has 0 saturated carbocycles. The predicted molar refractivity (Wildman–Crippen MR) is 86.0 cm³/mol. The molecule has 3 rings (SSSR count). The molecule has 8 nitrogen and oxygen atoms in total. The summed E-state index contributed by atoms with van der Waals surface area (Å²) in [6.45, 7) is -0.269. The Morgan fingerprint density at radius 3 is 2.83 bits per heavy atom. The second-order valence-corrected chi connectivity index (χ2v) is 5.54. The summed E-state index contributed by atoms with van der Waals surface area (Å²) in [5.41, 5.74) is 2.22. The van der Waals surface area contributed by atoms with Crippen molar-refractivity contribution in [3.63, 3.8) is 0 Å². The van der Waals surface area contributed by atoms with Crippen LogP contribution in [0.2, 0.25) is 0 Å². The monoisotopic (exact) mass is 328 g/mol. The molecule has 0 bridgehead atoms. The summed E-state index contributed by atoms with van der Waals surface area (Å²) in [4.78, 5) is 36.2. The zero-order chi connectivity index (χ0) is 17.3. The van der Waals surface area contributed by atoms with Crippen molar-refractivity contribution >= 4 is 29.3 Å². The van der Waals surface area contributed by atoms with Crippen molar-refractivity contribution in [1.29, 1.82) is 0 Å². The first kappa shape index (κ1) is 15.7. The molecule has 0 spiro atoms. The highest BCUT2D eigenvalue weighted by Gasteiger charge is 2.22. The Hall–Kier alpha value is -3.16. The standard InChI is InChI=1S/C16H16N4O4/c1-19-12-4-2-11(8-10(12)3-5-14(19)21)16(24)17-13-6-7-20(18-13)9-15(22)23/h2,4,6-8H,3,5,9H2,1H3,(H,22,23)(H,17,18,24). The Kier molecular flexibility index (Phi) is 4.03. The van der Waals surface area contributed by atoms with Gasteiger partial charge in [-0.05, 0) is 30.2 Å². The molecular weight excluding hydrogens is 312 g/mol. The van der Waals surface area contributed by atoms with Gasteiger partial charge in [0, 0.05) is 37.0 Å². The molecule has 0 fully saturated rings. The summed E-state index contributed by atoms with van der Waals surface area (Å²) in [5, 5.41) is 15.3. The average molecular weight is 328 g/mol. The summed E-state index contributed by atoms with van der Waals surface area (Å²) >= 11 is 0. The van der Waals surface area contributed by atoms with Gasteiger partial charge >= 0.3 is 5.97 Å². The summed E-state index contributed by atoms with van der Waals surface area (Å²) < 4.78 is 1.23. The number of nitrogens with one attached hydrogen (secondary N) is 1. The second-order valence-electron chi connectivity index (χ2n) is 5.54.